The average molecular weight is 447 g/mol. The first-order chi connectivity index (χ1) is 13.3. The number of anilines is 1. The number of nitrogens with one attached hydrogen (secondary N) is 1. The van der Waals surface area contributed by atoms with E-state index in [1.807, 2.05) is 31.2 Å². The third-order valence-electron chi connectivity index (χ3n) is 4.13. The summed E-state index contributed by atoms with van der Waals surface area (Å²) >= 11 is 3.40. The zero-order valence-electron chi connectivity index (χ0n) is 15.4. The van der Waals surface area contributed by atoms with Crippen LogP contribution in [0.2, 0.25) is 0 Å². The normalized spacial score (nSPS) is 10.8. The molecule has 1 amide bonds. The van der Waals surface area contributed by atoms with Crippen LogP contribution in [0.4, 0.5) is 11.5 Å². The van der Waals surface area contributed by atoms with Gasteiger partial charge < -0.3 is 5.32 Å². The molecular formula is C18H19BrN6O3. The highest BCUT2D eigenvalue weighted by Crippen LogP contribution is 2.21. The first kappa shape index (κ1) is 19.7. The molecule has 10 heteroatoms. The number of amides is 1. The summed E-state index contributed by atoms with van der Waals surface area (Å²) in [6.07, 6.45) is 3.25. The Bertz CT molecular complexity index is 1010. The maximum absolute atomic E-state index is 12.2. The average Bonchev–Trinajstić information content (AvgIpc) is 3.17. The molecule has 0 fully saturated rings. The van der Waals surface area contributed by atoms with Crippen molar-refractivity contribution in [2.75, 3.05) is 5.32 Å². The first-order valence-electron chi connectivity index (χ1n) is 8.58. The van der Waals surface area contributed by atoms with Gasteiger partial charge in [-0.25, -0.2) is 0 Å². The monoisotopic (exact) mass is 446 g/mol. The van der Waals surface area contributed by atoms with Gasteiger partial charge >= 0.3 is 5.69 Å². The molecule has 0 radical (unpaired) electrons. The molecule has 2 heterocycles. The molecule has 3 aromatic rings. The Balaban J connectivity index is 1.58. The SMILES string of the molecule is Cc1ccc(Cn2cc(Br)c(NC(=O)CCn3cc([N+](=O)[O-])c(C)n3)n2)cc1. The molecule has 1 N–H and O–H groups in total. The Morgan fingerprint density at radius 2 is 1.89 bits per heavy atom. The van der Waals surface area contributed by atoms with Crippen LogP contribution in [0.25, 0.3) is 0 Å². The fourth-order valence-electron chi connectivity index (χ4n) is 2.66. The van der Waals surface area contributed by atoms with Crippen LogP contribution in [-0.4, -0.2) is 30.4 Å². The van der Waals surface area contributed by atoms with E-state index in [-0.39, 0.29) is 24.6 Å². The molecular weight excluding hydrogens is 428 g/mol. The molecule has 0 atom stereocenters. The van der Waals surface area contributed by atoms with Gasteiger partial charge in [0.05, 0.1) is 15.9 Å². The van der Waals surface area contributed by atoms with Crippen molar-refractivity contribution in [2.24, 2.45) is 0 Å². The lowest BCUT2D eigenvalue weighted by atomic mass is 10.1. The molecule has 0 spiro atoms. The van der Waals surface area contributed by atoms with Crippen LogP contribution in [-0.2, 0) is 17.9 Å². The van der Waals surface area contributed by atoms with Crippen LogP contribution >= 0.6 is 15.9 Å². The van der Waals surface area contributed by atoms with E-state index in [1.165, 1.54) is 16.4 Å². The number of carbonyl (C=O) groups is 1. The molecule has 0 aliphatic rings. The molecule has 1 aromatic carbocycles. The van der Waals surface area contributed by atoms with Crippen LogP contribution in [0.3, 0.4) is 0 Å². The van der Waals surface area contributed by atoms with Crippen molar-refractivity contribution in [2.45, 2.75) is 33.4 Å². The minimum absolute atomic E-state index is 0.0574. The van der Waals surface area contributed by atoms with Gasteiger partial charge in [-0.3, -0.25) is 24.3 Å². The van der Waals surface area contributed by atoms with Crippen LogP contribution in [0.1, 0.15) is 23.2 Å². The lowest BCUT2D eigenvalue weighted by Crippen LogP contribution is -2.15. The van der Waals surface area contributed by atoms with Gasteiger partial charge in [-0.15, -0.1) is 0 Å². The maximum Gasteiger partial charge on any atom is 0.309 e. The highest BCUT2D eigenvalue weighted by atomic mass is 79.9. The third kappa shape index (κ3) is 4.83. The van der Waals surface area contributed by atoms with Crippen LogP contribution in [0, 0.1) is 24.0 Å². The van der Waals surface area contributed by atoms with Crippen molar-refractivity contribution in [3.63, 3.8) is 0 Å². The van der Waals surface area contributed by atoms with Crippen LogP contribution < -0.4 is 5.32 Å². The number of carbonyl (C=O) groups excluding carboxylic acids is 1. The van der Waals surface area contributed by atoms with Crippen LogP contribution in [0.5, 0.6) is 0 Å². The van der Waals surface area contributed by atoms with E-state index in [9.17, 15) is 14.9 Å². The smallest absolute Gasteiger partial charge is 0.308 e. The molecule has 28 heavy (non-hydrogen) atoms. The zero-order chi connectivity index (χ0) is 20.3. The minimum atomic E-state index is -0.489. The molecule has 0 bridgehead atoms. The van der Waals surface area contributed by atoms with Gasteiger partial charge in [0.15, 0.2) is 5.82 Å². The van der Waals surface area contributed by atoms with Gasteiger partial charge in [-0.2, -0.15) is 10.2 Å². The molecule has 3 rings (SSSR count). The van der Waals surface area contributed by atoms with Gasteiger partial charge in [0.1, 0.15) is 11.9 Å². The zero-order valence-corrected chi connectivity index (χ0v) is 17.0. The third-order valence-corrected chi connectivity index (χ3v) is 4.71. The summed E-state index contributed by atoms with van der Waals surface area (Å²) in [6, 6.07) is 8.15. The quantitative estimate of drug-likeness (QED) is 0.441. The standard InChI is InChI=1S/C18H19BrN6O3/c1-12-3-5-14(6-4-12)9-24-10-15(19)18(22-24)20-17(26)7-8-23-11-16(25(27)28)13(2)21-23/h3-6,10-11H,7-9H2,1-2H3,(H,20,22,26). The van der Waals surface area contributed by atoms with E-state index in [0.29, 0.717) is 22.5 Å². The van der Waals surface area contributed by atoms with E-state index in [1.54, 1.807) is 17.8 Å². The Labute approximate surface area is 169 Å². The van der Waals surface area contributed by atoms with E-state index >= 15 is 0 Å². The fraction of sp³-hybridized carbons (Fsp3) is 0.278. The number of nitrogens with zero attached hydrogens (tertiary/aromatic N) is 5. The summed E-state index contributed by atoms with van der Waals surface area (Å²) in [5, 5.41) is 22.0. The molecule has 146 valence electrons. The summed E-state index contributed by atoms with van der Waals surface area (Å²) in [5.74, 6) is 0.178. The Morgan fingerprint density at radius 3 is 2.54 bits per heavy atom. The lowest BCUT2D eigenvalue weighted by Gasteiger charge is -2.04. The number of nitro groups is 1. The molecule has 0 saturated carbocycles. The number of hydrogen-bond acceptors (Lipinski definition) is 5. The maximum atomic E-state index is 12.2. The summed E-state index contributed by atoms with van der Waals surface area (Å²) in [7, 11) is 0. The lowest BCUT2D eigenvalue weighted by molar-refractivity contribution is -0.385. The van der Waals surface area contributed by atoms with Gasteiger partial charge in [0.25, 0.3) is 0 Å². The van der Waals surface area contributed by atoms with E-state index in [2.05, 4.69) is 31.4 Å². The number of rotatable bonds is 7. The van der Waals surface area contributed by atoms with Crippen LogP contribution in [0.15, 0.2) is 41.1 Å². The molecule has 9 nitrogen and oxygen atoms in total. The van der Waals surface area contributed by atoms with Crippen molar-refractivity contribution >= 4 is 33.3 Å². The topological polar surface area (TPSA) is 108 Å². The second-order valence-corrected chi connectivity index (χ2v) is 7.28. The second kappa shape index (κ2) is 8.34. The summed E-state index contributed by atoms with van der Waals surface area (Å²) in [5.41, 5.74) is 2.56. The predicted molar refractivity (Wildman–Crippen MR) is 107 cm³/mol. The van der Waals surface area contributed by atoms with Gasteiger partial charge in [0.2, 0.25) is 5.91 Å². The predicted octanol–water partition coefficient (Wildman–Crippen LogP) is 3.44. The molecule has 0 unspecified atom stereocenters. The molecule has 0 aliphatic heterocycles. The van der Waals surface area contributed by atoms with Crippen molar-refractivity contribution in [1.29, 1.82) is 0 Å². The summed E-state index contributed by atoms with van der Waals surface area (Å²) in [4.78, 5) is 22.6. The van der Waals surface area contributed by atoms with Gasteiger partial charge in [-0.1, -0.05) is 29.8 Å². The Morgan fingerprint density at radius 1 is 1.18 bits per heavy atom. The summed E-state index contributed by atoms with van der Waals surface area (Å²) in [6.45, 7) is 4.42. The number of halogens is 1. The minimum Gasteiger partial charge on any atom is -0.308 e. The van der Waals surface area contributed by atoms with Crippen molar-refractivity contribution in [3.05, 3.63) is 68.1 Å². The van der Waals surface area contributed by atoms with Crippen molar-refractivity contribution in [1.82, 2.24) is 19.6 Å². The molecule has 2 aromatic heterocycles. The first-order valence-corrected chi connectivity index (χ1v) is 9.38. The van der Waals surface area contributed by atoms with E-state index in [4.69, 9.17) is 0 Å². The number of hydrogen-bond donors (Lipinski definition) is 1. The van der Waals surface area contributed by atoms with Crippen molar-refractivity contribution < 1.29 is 9.72 Å². The van der Waals surface area contributed by atoms with E-state index in [0.717, 1.165) is 5.56 Å². The summed E-state index contributed by atoms with van der Waals surface area (Å²) < 4.78 is 3.82. The molecule has 0 saturated heterocycles. The Hall–Kier alpha value is -3.01. The molecule has 0 aliphatic carbocycles. The van der Waals surface area contributed by atoms with E-state index < -0.39 is 4.92 Å². The highest BCUT2D eigenvalue weighted by Gasteiger charge is 2.16. The fourth-order valence-corrected chi connectivity index (χ4v) is 3.07. The number of benzene rings is 1. The largest absolute Gasteiger partial charge is 0.309 e. The Kier molecular flexibility index (Phi) is 5.88. The number of aromatic nitrogens is 4. The van der Waals surface area contributed by atoms with Gasteiger partial charge in [0, 0.05) is 19.2 Å². The van der Waals surface area contributed by atoms with Crippen molar-refractivity contribution in [3.8, 4) is 0 Å². The van der Waals surface area contributed by atoms with Gasteiger partial charge in [-0.05, 0) is 35.3 Å². The number of aryl methyl sites for hydroxylation is 3. The second-order valence-electron chi connectivity index (χ2n) is 6.43. The highest BCUT2D eigenvalue weighted by molar-refractivity contribution is 9.10.